The summed E-state index contributed by atoms with van der Waals surface area (Å²) in [7, 11) is 0. The van der Waals surface area contributed by atoms with E-state index >= 15 is 0 Å². The fourth-order valence-corrected chi connectivity index (χ4v) is 4.31. The van der Waals surface area contributed by atoms with Crippen molar-refractivity contribution < 1.29 is 14.3 Å². The standard InChI is InChI=1S/C24H26N2O3S/c27-24(21-6-10-25-11-7-21)26(17-23-5-2-12-28-23)16-20-3-1-4-22(15-20)29-13-8-19-9-14-30-18-19/h1,3-4,6-7,9-11,14-15,18,23H,2,5,8,12-13,16-17H2. The highest BCUT2D eigenvalue weighted by Gasteiger charge is 2.23. The van der Waals surface area contributed by atoms with Crippen LogP contribution in [-0.4, -0.2) is 41.7 Å². The predicted molar refractivity (Wildman–Crippen MR) is 118 cm³/mol. The Hall–Kier alpha value is -2.70. The number of benzene rings is 1. The first-order valence-corrected chi connectivity index (χ1v) is 11.3. The smallest absolute Gasteiger partial charge is 0.254 e. The number of hydrogen-bond acceptors (Lipinski definition) is 5. The van der Waals surface area contributed by atoms with Crippen molar-refractivity contribution in [3.8, 4) is 5.75 Å². The van der Waals surface area contributed by atoms with Crippen LogP contribution in [0.4, 0.5) is 0 Å². The molecule has 5 nitrogen and oxygen atoms in total. The Balaban J connectivity index is 1.42. The Bertz CT molecular complexity index is 925. The van der Waals surface area contributed by atoms with Crippen molar-refractivity contribution >= 4 is 17.2 Å². The topological polar surface area (TPSA) is 51.7 Å². The Morgan fingerprint density at radius 2 is 2.10 bits per heavy atom. The fraction of sp³-hybridized carbons (Fsp3) is 0.333. The maximum absolute atomic E-state index is 13.1. The van der Waals surface area contributed by atoms with E-state index in [9.17, 15) is 4.79 Å². The van der Waals surface area contributed by atoms with Gasteiger partial charge in [0.25, 0.3) is 5.91 Å². The summed E-state index contributed by atoms with van der Waals surface area (Å²) in [5, 5.41) is 4.23. The average molecular weight is 423 g/mol. The third-order valence-electron chi connectivity index (χ3n) is 5.17. The molecule has 1 aliphatic heterocycles. The van der Waals surface area contributed by atoms with Gasteiger partial charge in [0.05, 0.1) is 12.7 Å². The van der Waals surface area contributed by atoms with Crippen LogP contribution in [0, 0.1) is 0 Å². The van der Waals surface area contributed by atoms with Crippen LogP contribution >= 0.6 is 11.3 Å². The average Bonchev–Trinajstić information content (AvgIpc) is 3.48. The number of nitrogens with zero attached hydrogens (tertiary/aromatic N) is 2. The van der Waals surface area contributed by atoms with Gasteiger partial charge >= 0.3 is 0 Å². The molecule has 30 heavy (non-hydrogen) atoms. The van der Waals surface area contributed by atoms with Crippen LogP contribution in [0.25, 0.3) is 0 Å². The zero-order valence-electron chi connectivity index (χ0n) is 16.9. The first-order valence-electron chi connectivity index (χ1n) is 10.3. The molecule has 6 heteroatoms. The van der Waals surface area contributed by atoms with Crippen LogP contribution in [0.3, 0.4) is 0 Å². The van der Waals surface area contributed by atoms with Gasteiger partial charge in [-0.15, -0.1) is 0 Å². The molecule has 1 unspecified atom stereocenters. The highest BCUT2D eigenvalue weighted by molar-refractivity contribution is 7.07. The van der Waals surface area contributed by atoms with E-state index in [-0.39, 0.29) is 12.0 Å². The minimum atomic E-state index is -0.00307. The third kappa shape index (κ3) is 5.68. The lowest BCUT2D eigenvalue weighted by Gasteiger charge is -2.26. The van der Waals surface area contributed by atoms with Crippen LogP contribution in [0.15, 0.2) is 65.6 Å². The second-order valence-corrected chi connectivity index (χ2v) is 8.21. The third-order valence-corrected chi connectivity index (χ3v) is 5.91. The number of ether oxygens (including phenoxy) is 2. The number of amides is 1. The molecule has 1 aromatic carbocycles. The molecule has 156 valence electrons. The summed E-state index contributed by atoms with van der Waals surface area (Å²) in [5.74, 6) is 0.827. The van der Waals surface area contributed by atoms with E-state index in [0.29, 0.717) is 25.3 Å². The lowest BCUT2D eigenvalue weighted by molar-refractivity contribution is 0.0507. The molecular formula is C24H26N2O3S. The molecule has 1 saturated heterocycles. The normalized spacial score (nSPS) is 15.8. The summed E-state index contributed by atoms with van der Waals surface area (Å²) in [6, 6.07) is 13.6. The van der Waals surface area contributed by atoms with Gasteiger partial charge in [-0.05, 0) is 65.1 Å². The van der Waals surface area contributed by atoms with Crippen molar-refractivity contribution in [1.82, 2.24) is 9.88 Å². The molecule has 0 bridgehead atoms. The van der Waals surface area contributed by atoms with Crippen molar-refractivity contribution in [1.29, 1.82) is 0 Å². The molecule has 3 aromatic rings. The minimum Gasteiger partial charge on any atom is -0.493 e. The lowest BCUT2D eigenvalue weighted by Crippen LogP contribution is -2.37. The number of hydrogen-bond donors (Lipinski definition) is 0. The molecule has 2 aromatic heterocycles. The van der Waals surface area contributed by atoms with Crippen molar-refractivity contribution in [2.24, 2.45) is 0 Å². The molecule has 1 fully saturated rings. The maximum Gasteiger partial charge on any atom is 0.254 e. The van der Waals surface area contributed by atoms with E-state index in [1.165, 1.54) is 5.56 Å². The molecule has 4 rings (SSSR count). The van der Waals surface area contributed by atoms with E-state index in [4.69, 9.17) is 9.47 Å². The molecule has 0 spiro atoms. The molecule has 1 aliphatic rings. The van der Waals surface area contributed by atoms with Gasteiger partial charge in [-0.1, -0.05) is 12.1 Å². The highest BCUT2D eigenvalue weighted by Crippen LogP contribution is 2.20. The number of thiophene rings is 1. The summed E-state index contributed by atoms with van der Waals surface area (Å²) in [5.41, 5.74) is 2.98. The van der Waals surface area contributed by atoms with Crippen LogP contribution in [-0.2, 0) is 17.7 Å². The number of pyridine rings is 1. The van der Waals surface area contributed by atoms with E-state index in [2.05, 4.69) is 21.8 Å². The Morgan fingerprint density at radius 1 is 1.20 bits per heavy atom. The summed E-state index contributed by atoms with van der Waals surface area (Å²) in [6.07, 6.45) is 6.33. The summed E-state index contributed by atoms with van der Waals surface area (Å²) in [6.45, 7) is 2.51. The van der Waals surface area contributed by atoms with Gasteiger partial charge in [0, 0.05) is 44.1 Å². The first-order chi connectivity index (χ1) is 14.8. The van der Waals surface area contributed by atoms with Crippen molar-refractivity contribution in [2.75, 3.05) is 19.8 Å². The highest BCUT2D eigenvalue weighted by atomic mass is 32.1. The minimum absolute atomic E-state index is 0.00307. The van der Waals surface area contributed by atoms with Crippen molar-refractivity contribution in [3.63, 3.8) is 0 Å². The monoisotopic (exact) mass is 422 g/mol. The van der Waals surface area contributed by atoms with Gasteiger partial charge < -0.3 is 14.4 Å². The van der Waals surface area contributed by atoms with Gasteiger partial charge in [-0.25, -0.2) is 0 Å². The summed E-state index contributed by atoms with van der Waals surface area (Å²) >= 11 is 1.70. The summed E-state index contributed by atoms with van der Waals surface area (Å²) in [4.78, 5) is 19.0. The Morgan fingerprint density at radius 3 is 2.87 bits per heavy atom. The predicted octanol–water partition coefficient (Wildman–Crippen LogP) is 4.59. The van der Waals surface area contributed by atoms with E-state index in [0.717, 1.165) is 37.2 Å². The Kier molecular flexibility index (Phi) is 7.11. The second kappa shape index (κ2) is 10.4. The molecular weight excluding hydrogens is 396 g/mol. The molecule has 0 radical (unpaired) electrons. The van der Waals surface area contributed by atoms with Crippen LogP contribution in [0.5, 0.6) is 5.75 Å². The largest absolute Gasteiger partial charge is 0.493 e. The molecule has 0 N–H and O–H groups in total. The van der Waals surface area contributed by atoms with Gasteiger partial charge in [0.1, 0.15) is 5.75 Å². The van der Waals surface area contributed by atoms with Crippen molar-refractivity contribution in [2.45, 2.75) is 31.9 Å². The molecule has 3 heterocycles. The van der Waals surface area contributed by atoms with Crippen LogP contribution in [0.2, 0.25) is 0 Å². The fourth-order valence-electron chi connectivity index (χ4n) is 3.61. The Labute approximate surface area is 181 Å². The summed E-state index contributed by atoms with van der Waals surface area (Å²) < 4.78 is 11.7. The number of aromatic nitrogens is 1. The van der Waals surface area contributed by atoms with E-state index in [1.54, 1.807) is 35.9 Å². The van der Waals surface area contributed by atoms with Crippen molar-refractivity contribution in [3.05, 3.63) is 82.3 Å². The molecule has 0 saturated carbocycles. The number of rotatable bonds is 9. The number of carbonyl (C=O) groups is 1. The van der Waals surface area contributed by atoms with Crippen LogP contribution < -0.4 is 4.74 Å². The van der Waals surface area contributed by atoms with E-state index in [1.807, 2.05) is 29.2 Å². The van der Waals surface area contributed by atoms with Gasteiger partial charge in [-0.2, -0.15) is 11.3 Å². The maximum atomic E-state index is 13.1. The number of carbonyl (C=O) groups excluding carboxylic acids is 1. The zero-order valence-corrected chi connectivity index (χ0v) is 17.7. The second-order valence-electron chi connectivity index (χ2n) is 7.43. The lowest BCUT2D eigenvalue weighted by atomic mass is 10.1. The molecule has 1 atom stereocenters. The van der Waals surface area contributed by atoms with Gasteiger partial charge in [0.15, 0.2) is 0 Å². The SMILES string of the molecule is O=C(c1ccncc1)N(Cc1cccc(OCCc2ccsc2)c1)CC1CCCO1. The van der Waals surface area contributed by atoms with E-state index < -0.39 is 0 Å². The molecule has 1 amide bonds. The van der Waals surface area contributed by atoms with Crippen LogP contribution in [0.1, 0.15) is 34.3 Å². The zero-order chi connectivity index (χ0) is 20.6. The quantitative estimate of drug-likeness (QED) is 0.506. The first kappa shape index (κ1) is 20.6. The molecule has 0 aliphatic carbocycles. The van der Waals surface area contributed by atoms with Gasteiger partial charge in [-0.3, -0.25) is 9.78 Å². The van der Waals surface area contributed by atoms with Gasteiger partial charge in [0.2, 0.25) is 0 Å².